The normalized spacial score (nSPS) is 17.1. The average molecular weight is 395 g/mol. The highest BCUT2D eigenvalue weighted by Gasteiger charge is 2.27. The van der Waals surface area contributed by atoms with Crippen LogP contribution in [0, 0.1) is 19.8 Å². The van der Waals surface area contributed by atoms with Crippen molar-refractivity contribution < 1.29 is 4.79 Å². The molecule has 5 nitrogen and oxygen atoms in total. The Morgan fingerprint density at radius 3 is 2.81 bits per heavy atom. The Balaban J connectivity index is 1.79. The van der Waals surface area contributed by atoms with Crippen molar-refractivity contribution in [3.05, 3.63) is 45.2 Å². The molecule has 1 aliphatic rings. The van der Waals surface area contributed by atoms with Crippen LogP contribution < -0.4 is 5.32 Å². The summed E-state index contributed by atoms with van der Waals surface area (Å²) in [6, 6.07) is 5.33. The van der Waals surface area contributed by atoms with Crippen molar-refractivity contribution in [2.45, 2.75) is 26.7 Å². The molecule has 1 unspecified atom stereocenters. The van der Waals surface area contributed by atoms with Gasteiger partial charge >= 0.3 is 0 Å². The summed E-state index contributed by atoms with van der Waals surface area (Å²) in [5, 5.41) is 8.92. The topological polar surface area (TPSA) is 50.2 Å². The lowest BCUT2D eigenvalue weighted by atomic mass is 10.1. The number of nitrogens with one attached hydrogen (secondary N) is 1. The monoisotopic (exact) mass is 394 g/mol. The second kappa shape index (κ2) is 7.99. The van der Waals surface area contributed by atoms with Crippen LogP contribution in [0.25, 0.3) is 5.69 Å². The molecule has 1 aromatic heterocycles. The van der Waals surface area contributed by atoms with Gasteiger partial charge in [-0.1, -0.05) is 23.2 Å². The first-order chi connectivity index (χ1) is 12.4. The van der Waals surface area contributed by atoms with Crippen molar-refractivity contribution >= 4 is 29.1 Å². The summed E-state index contributed by atoms with van der Waals surface area (Å²) in [5.74, 6) is 0.707. The number of benzene rings is 1. The summed E-state index contributed by atoms with van der Waals surface area (Å²) in [7, 11) is 1.95. The number of carbonyl (C=O) groups is 1. The Hall–Kier alpha value is -1.56. The van der Waals surface area contributed by atoms with Gasteiger partial charge in [-0.2, -0.15) is 5.10 Å². The highest BCUT2D eigenvalue weighted by molar-refractivity contribution is 6.35. The quantitative estimate of drug-likeness (QED) is 0.844. The first kappa shape index (κ1) is 19.2. The predicted molar refractivity (Wildman–Crippen MR) is 105 cm³/mol. The molecule has 1 atom stereocenters. The zero-order chi connectivity index (χ0) is 18.8. The number of nitrogens with zero attached hydrogens (tertiary/aromatic N) is 3. The number of amides is 1. The molecule has 1 aliphatic heterocycles. The van der Waals surface area contributed by atoms with E-state index in [-0.39, 0.29) is 5.91 Å². The van der Waals surface area contributed by atoms with Gasteiger partial charge in [-0.25, -0.2) is 4.68 Å². The predicted octanol–water partition coefficient (Wildman–Crippen LogP) is 3.41. The van der Waals surface area contributed by atoms with Crippen molar-refractivity contribution in [1.82, 2.24) is 20.0 Å². The van der Waals surface area contributed by atoms with E-state index >= 15 is 0 Å². The lowest BCUT2D eigenvalue weighted by molar-refractivity contribution is -0.129. The van der Waals surface area contributed by atoms with Gasteiger partial charge in [-0.3, -0.25) is 4.79 Å². The molecule has 7 heteroatoms. The van der Waals surface area contributed by atoms with E-state index in [9.17, 15) is 4.79 Å². The van der Waals surface area contributed by atoms with Crippen LogP contribution in [-0.2, 0) is 11.2 Å². The van der Waals surface area contributed by atoms with Crippen LogP contribution in [0.15, 0.2) is 18.2 Å². The first-order valence-corrected chi connectivity index (χ1v) is 9.59. The van der Waals surface area contributed by atoms with Crippen molar-refractivity contribution in [2.24, 2.45) is 5.92 Å². The van der Waals surface area contributed by atoms with Crippen molar-refractivity contribution in [3.63, 3.8) is 0 Å². The number of aryl methyl sites for hydroxylation is 1. The molecule has 0 spiro atoms. The average Bonchev–Trinajstić information content (AvgIpc) is 3.15. The first-order valence-electron chi connectivity index (χ1n) is 8.83. The lowest BCUT2D eigenvalue weighted by Crippen LogP contribution is -2.31. The molecular formula is C19H24Cl2N4O. The molecule has 2 heterocycles. The minimum absolute atomic E-state index is 0.163. The standard InChI is InChI=1S/C19H24Cl2N4O/c1-12-16(9-19(26)24-7-6-14(11-24)10-22-3)13(2)25(23-12)18-5-4-15(20)8-17(18)21/h4-5,8,14,22H,6-7,9-11H2,1-3H3. The molecule has 0 bridgehead atoms. The number of aromatic nitrogens is 2. The molecule has 1 fully saturated rings. The maximum atomic E-state index is 12.8. The second-order valence-corrected chi connectivity index (χ2v) is 7.73. The summed E-state index contributed by atoms with van der Waals surface area (Å²) in [4.78, 5) is 14.7. The van der Waals surface area contributed by atoms with Crippen LogP contribution in [0.2, 0.25) is 10.0 Å². The Kier molecular flexibility index (Phi) is 5.90. The fourth-order valence-electron chi connectivity index (χ4n) is 3.60. The summed E-state index contributed by atoms with van der Waals surface area (Å²) in [5.41, 5.74) is 3.53. The maximum absolute atomic E-state index is 12.8. The zero-order valence-corrected chi connectivity index (χ0v) is 16.9. The molecule has 1 saturated heterocycles. The van der Waals surface area contributed by atoms with E-state index in [0.717, 1.165) is 48.7 Å². The van der Waals surface area contributed by atoms with E-state index in [1.165, 1.54) is 0 Å². The van der Waals surface area contributed by atoms with Crippen LogP contribution in [-0.4, -0.2) is 47.3 Å². The molecule has 2 aromatic rings. The number of carbonyl (C=O) groups excluding carboxylic acids is 1. The zero-order valence-electron chi connectivity index (χ0n) is 15.4. The van der Waals surface area contributed by atoms with Gasteiger partial charge < -0.3 is 10.2 Å². The third-order valence-corrected chi connectivity index (χ3v) is 5.58. The summed E-state index contributed by atoms with van der Waals surface area (Å²) < 4.78 is 1.80. The molecule has 1 amide bonds. The lowest BCUT2D eigenvalue weighted by Gasteiger charge is -2.17. The fraction of sp³-hybridized carbons (Fsp3) is 0.474. The van der Waals surface area contributed by atoms with E-state index in [4.69, 9.17) is 23.2 Å². The number of halogens is 2. The van der Waals surface area contributed by atoms with E-state index in [1.807, 2.05) is 31.9 Å². The smallest absolute Gasteiger partial charge is 0.227 e. The molecule has 0 radical (unpaired) electrons. The molecule has 0 saturated carbocycles. The largest absolute Gasteiger partial charge is 0.342 e. The molecular weight excluding hydrogens is 371 g/mol. The van der Waals surface area contributed by atoms with Crippen LogP contribution in [0.3, 0.4) is 0 Å². The van der Waals surface area contributed by atoms with Crippen LogP contribution in [0.4, 0.5) is 0 Å². The van der Waals surface area contributed by atoms with E-state index in [1.54, 1.807) is 16.8 Å². The molecule has 3 rings (SSSR count). The highest BCUT2D eigenvalue weighted by Crippen LogP contribution is 2.27. The molecule has 0 aliphatic carbocycles. The van der Waals surface area contributed by atoms with Gasteiger partial charge in [0.15, 0.2) is 0 Å². The Morgan fingerprint density at radius 1 is 1.35 bits per heavy atom. The number of hydrogen-bond donors (Lipinski definition) is 1. The molecule has 140 valence electrons. The van der Waals surface area contributed by atoms with E-state index < -0.39 is 0 Å². The van der Waals surface area contributed by atoms with Gasteiger partial charge in [0.05, 0.1) is 22.8 Å². The van der Waals surface area contributed by atoms with Crippen LogP contribution >= 0.6 is 23.2 Å². The fourth-order valence-corrected chi connectivity index (χ4v) is 4.08. The van der Waals surface area contributed by atoms with Gasteiger partial charge in [-0.15, -0.1) is 0 Å². The molecule has 26 heavy (non-hydrogen) atoms. The summed E-state index contributed by atoms with van der Waals surface area (Å²) in [6.45, 7) is 6.52. The van der Waals surface area contributed by atoms with Gasteiger partial charge in [-0.05, 0) is 58.0 Å². The Labute approximate surface area is 164 Å². The van der Waals surface area contributed by atoms with E-state index in [2.05, 4.69) is 10.4 Å². The Bertz CT molecular complexity index is 818. The third kappa shape index (κ3) is 3.90. The summed E-state index contributed by atoms with van der Waals surface area (Å²) in [6.07, 6.45) is 1.43. The third-order valence-electron chi connectivity index (χ3n) is 5.04. The van der Waals surface area contributed by atoms with Gasteiger partial charge in [0, 0.05) is 29.4 Å². The van der Waals surface area contributed by atoms with Gasteiger partial charge in [0.1, 0.15) is 0 Å². The highest BCUT2D eigenvalue weighted by atomic mass is 35.5. The minimum Gasteiger partial charge on any atom is -0.342 e. The number of hydrogen-bond acceptors (Lipinski definition) is 3. The number of likely N-dealkylation sites (tertiary alicyclic amines) is 1. The van der Waals surface area contributed by atoms with Crippen molar-refractivity contribution in [3.8, 4) is 5.69 Å². The van der Waals surface area contributed by atoms with Crippen molar-refractivity contribution in [1.29, 1.82) is 0 Å². The van der Waals surface area contributed by atoms with Crippen LogP contribution in [0.5, 0.6) is 0 Å². The van der Waals surface area contributed by atoms with Crippen LogP contribution in [0.1, 0.15) is 23.4 Å². The maximum Gasteiger partial charge on any atom is 0.227 e. The Morgan fingerprint density at radius 2 is 2.12 bits per heavy atom. The summed E-state index contributed by atoms with van der Waals surface area (Å²) >= 11 is 12.3. The SMILES string of the molecule is CNCC1CCN(C(=O)Cc2c(C)nn(-c3ccc(Cl)cc3Cl)c2C)C1. The van der Waals surface area contributed by atoms with Crippen molar-refractivity contribution in [2.75, 3.05) is 26.7 Å². The number of rotatable bonds is 5. The minimum atomic E-state index is 0.163. The second-order valence-electron chi connectivity index (χ2n) is 6.89. The molecule has 1 aromatic carbocycles. The van der Waals surface area contributed by atoms with Gasteiger partial charge in [0.25, 0.3) is 0 Å². The molecule has 1 N–H and O–H groups in total. The van der Waals surface area contributed by atoms with E-state index in [0.29, 0.717) is 22.4 Å². The van der Waals surface area contributed by atoms with Gasteiger partial charge in [0.2, 0.25) is 5.91 Å².